The molecule has 1 saturated heterocycles. The zero-order valence-electron chi connectivity index (χ0n) is 22.2. The number of nitrogens with zero attached hydrogens (tertiary/aromatic N) is 2. The minimum Gasteiger partial charge on any atom is -0.480 e. The van der Waals surface area contributed by atoms with Crippen LogP contribution in [0.3, 0.4) is 0 Å². The van der Waals surface area contributed by atoms with Crippen LogP contribution in [-0.4, -0.2) is 61.0 Å². The Bertz CT molecular complexity index is 1720. The summed E-state index contributed by atoms with van der Waals surface area (Å²) >= 11 is 0. The Morgan fingerprint density at radius 2 is 1.70 bits per heavy atom. The van der Waals surface area contributed by atoms with Gasteiger partial charge >= 0.3 is 11.7 Å². The average Bonchev–Trinajstić information content (AvgIpc) is 3.58. The van der Waals surface area contributed by atoms with Gasteiger partial charge in [0.25, 0.3) is 5.56 Å². The van der Waals surface area contributed by atoms with Crippen molar-refractivity contribution in [3.63, 3.8) is 0 Å². The Balaban J connectivity index is 1.56. The highest BCUT2D eigenvalue weighted by atomic mass is 16.4. The quantitative estimate of drug-likeness (QED) is 0.266. The van der Waals surface area contributed by atoms with E-state index in [4.69, 9.17) is 0 Å². The van der Waals surface area contributed by atoms with Gasteiger partial charge in [-0.05, 0) is 42.5 Å². The number of aromatic amines is 2. The van der Waals surface area contributed by atoms with Crippen LogP contribution >= 0.6 is 0 Å². The maximum absolute atomic E-state index is 14.0. The van der Waals surface area contributed by atoms with Gasteiger partial charge < -0.3 is 25.3 Å². The summed E-state index contributed by atoms with van der Waals surface area (Å²) in [6, 6.07) is 10.7. The van der Waals surface area contributed by atoms with Crippen molar-refractivity contribution in [2.45, 2.75) is 51.2 Å². The third-order valence-corrected chi connectivity index (χ3v) is 7.59. The van der Waals surface area contributed by atoms with Gasteiger partial charge in [0.2, 0.25) is 11.8 Å². The molecule has 5 rings (SSSR count). The molecule has 0 unspecified atom stereocenters. The van der Waals surface area contributed by atoms with Crippen molar-refractivity contribution in [1.82, 2.24) is 24.8 Å². The van der Waals surface area contributed by atoms with Gasteiger partial charge in [-0.15, -0.1) is 0 Å². The Morgan fingerprint density at radius 1 is 1.02 bits per heavy atom. The largest absolute Gasteiger partial charge is 0.480 e. The van der Waals surface area contributed by atoms with Crippen LogP contribution in [0, 0.1) is 5.92 Å². The zero-order chi connectivity index (χ0) is 28.6. The molecule has 0 saturated carbocycles. The summed E-state index contributed by atoms with van der Waals surface area (Å²) in [5.74, 6) is -2.66. The number of H-pyrrole nitrogens is 2. The lowest BCUT2D eigenvalue weighted by Crippen LogP contribution is -2.56. The number of likely N-dealkylation sites (tertiary alicyclic amines) is 1. The Hall–Kier alpha value is -4.67. The van der Waals surface area contributed by atoms with Crippen molar-refractivity contribution in [3.05, 3.63) is 81.1 Å². The number of fused-ring (bicyclic) bond motifs is 2. The number of carboxylic acid groups (broad SMARTS) is 1. The molecule has 40 heavy (non-hydrogen) atoms. The van der Waals surface area contributed by atoms with Crippen molar-refractivity contribution in [1.29, 1.82) is 0 Å². The van der Waals surface area contributed by atoms with E-state index >= 15 is 0 Å². The third kappa shape index (κ3) is 4.90. The standard InChI is InChI=1S/C29H31N5O6/c1-16(2)24(27(37)33-13-7-12-22(33)28(38)39)32-25(35)23(14-17-15-30-20-10-5-3-8-18(17)20)34-26(36)19-9-4-6-11-21(19)31-29(34)40/h3-6,8-11,15-16,22-24,30H,7,12-14H2,1-2H3,(H,31,40)(H,32,35)(H,38,39)/t22-,23-,24-/m0/s1. The van der Waals surface area contributed by atoms with Gasteiger partial charge in [-0.1, -0.05) is 44.2 Å². The number of carboxylic acids is 1. The van der Waals surface area contributed by atoms with Gasteiger partial charge in [0.15, 0.2) is 0 Å². The van der Waals surface area contributed by atoms with E-state index in [1.165, 1.54) is 4.90 Å². The minimum atomic E-state index is -1.29. The van der Waals surface area contributed by atoms with Crippen LogP contribution in [0.15, 0.2) is 64.3 Å². The summed E-state index contributed by atoms with van der Waals surface area (Å²) in [6.07, 6.45) is 2.62. The number of aliphatic carboxylic acids is 1. The maximum Gasteiger partial charge on any atom is 0.329 e. The molecule has 4 aromatic rings. The number of nitrogens with one attached hydrogen (secondary N) is 3. The van der Waals surface area contributed by atoms with Crippen molar-refractivity contribution >= 4 is 39.6 Å². The normalized spacial score (nSPS) is 16.9. The summed E-state index contributed by atoms with van der Waals surface area (Å²) in [4.78, 5) is 73.2. The van der Waals surface area contributed by atoms with E-state index in [0.29, 0.717) is 23.9 Å². The van der Waals surface area contributed by atoms with E-state index in [1.807, 2.05) is 24.3 Å². The molecule has 208 valence electrons. The Labute approximate surface area is 228 Å². The number of para-hydroxylation sites is 2. The minimum absolute atomic E-state index is 0.00234. The summed E-state index contributed by atoms with van der Waals surface area (Å²) in [7, 11) is 0. The molecule has 0 bridgehead atoms. The first-order valence-corrected chi connectivity index (χ1v) is 13.3. The number of benzene rings is 2. The third-order valence-electron chi connectivity index (χ3n) is 7.59. The zero-order valence-corrected chi connectivity index (χ0v) is 22.2. The molecule has 2 aromatic carbocycles. The molecule has 0 spiro atoms. The fraction of sp³-hybridized carbons (Fsp3) is 0.345. The van der Waals surface area contributed by atoms with Crippen LogP contribution < -0.4 is 16.6 Å². The molecule has 4 N–H and O–H groups in total. The molecule has 0 aliphatic carbocycles. The molecule has 2 amide bonds. The number of rotatable bonds is 8. The van der Waals surface area contributed by atoms with Gasteiger partial charge in [0.1, 0.15) is 18.1 Å². The van der Waals surface area contributed by atoms with E-state index in [0.717, 1.165) is 15.5 Å². The van der Waals surface area contributed by atoms with E-state index in [-0.39, 0.29) is 24.3 Å². The molecule has 3 atom stereocenters. The monoisotopic (exact) mass is 545 g/mol. The second-order valence-corrected chi connectivity index (χ2v) is 10.5. The van der Waals surface area contributed by atoms with E-state index in [9.17, 15) is 29.1 Å². The van der Waals surface area contributed by atoms with Crippen molar-refractivity contribution < 1.29 is 19.5 Å². The van der Waals surface area contributed by atoms with Crippen molar-refractivity contribution in [3.8, 4) is 0 Å². The van der Waals surface area contributed by atoms with Crippen molar-refractivity contribution in [2.75, 3.05) is 6.54 Å². The highest BCUT2D eigenvalue weighted by molar-refractivity contribution is 5.92. The highest BCUT2D eigenvalue weighted by Gasteiger charge is 2.39. The lowest BCUT2D eigenvalue weighted by atomic mass is 9.99. The Kier molecular flexibility index (Phi) is 7.29. The van der Waals surface area contributed by atoms with Crippen molar-refractivity contribution in [2.24, 2.45) is 5.92 Å². The summed E-state index contributed by atoms with van der Waals surface area (Å²) in [5.41, 5.74) is 0.524. The molecule has 11 nitrogen and oxygen atoms in total. The topological polar surface area (TPSA) is 157 Å². The van der Waals surface area contributed by atoms with Crippen LogP contribution in [0.5, 0.6) is 0 Å². The number of aromatic nitrogens is 3. The molecular weight excluding hydrogens is 514 g/mol. The fourth-order valence-electron chi connectivity index (χ4n) is 5.50. The number of carbonyl (C=O) groups is 3. The molecule has 0 radical (unpaired) electrons. The summed E-state index contributed by atoms with van der Waals surface area (Å²) in [5, 5.41) is 13.4. The SMILES string of the molecule is CC(C)[C@H](NC(=O)[C@H](Cc1c[nH]c2ccccc12)n1c(=O)[nH]c2ccccc2c1=O)C(=O)N1CCC[C@H]1C(=O)O. The lowest BCUT2D eigenvalue weighted by Gasteiger charge is -2.30. The maximum atomic E-state index is 14.0. The second kappa shape index (κ2) is 10.8. The molecule has 1 fully saturated rings. The van der Waals surface area contributed by atoms with Crippen LogP contribution in [0.25, 0.3) is 21.8 Å². The predicted molar refractivity (Wildman–Crippen MR) is 149 cm³/mol. The molecule has 1 aliphatic rings. The Morgan fingerprint density at radius 3 is 2.40 bits per heavy atom. The fourth-order valence-corrected chi connectivity index (χ4v) is 5.50. The summed E-state index contributed by atoms with van der Waals surface area (Å²) in [6.45, 7) is 3.77. The first-order chi connectivity index (χ1) is 19.2. The van der Waals surface area contributed by atoms with E-state index in [2.05, 4.69) is 15.3 Å². The molecule has 3 heterocycles. The van der Waals surface area contributed by atoms with E-state index < -0.39 is 47.2 Å². The smallest absolute Gasteiger partial charge is 0.329 e. The van der Waals surface area contributed by atoms with Gasteiger partial charge in [-0.3, -0.25) is 14.4 Å². The number of hydrogen-bond acceptors (Lipinski definition) is 5. The van der Waals surface area contributed by atoms with Crippen LogP contribution in [0.4, 0.5) is 0 Å². The van der Waals surface area contributed by atoms with Gasteiger partial charge in [-0.25, -0.2) is 14.2 Å². The highest BCUT2D eigenvalue weighted by Crippen LogP contribution is 2.24. The summed E-state index contributed by atoms with van der Waals surface area (Å²) < 4.78 is 0.900. The first kappa shape index (κ1) is 26.9. The number of carbonyl (C=O) groups excluding carboxylic acids is 2. The average molecular weight is 546 g/mol. The van der Waals surface area contributed by atoms with Gasteiger partial charge in [0, 0.05) is 30.1 Å². The van der Waals surface area contributed by atoms with Crippen LogP contribution in [0.1, 0.15) is 38.3 Å². The van der Waals surface area contributed by atoms with Gasteiger partial charge in [-0.2, -0.15) is 0 Å². The number of hydrogen-bond donors (Lipinski definition) is 4. The number of amides is 2. The van der Waals surface area contributed by atoms with Crippen LogP contribution in [0.2, 0.25) is 0 Å². The first-order valence-electron chi connectivity index (χ1n) is 13.3. The molecular formula is C29H31N5O6. The van der Waals surface area contributed by atoms with Crippen LogP contribution in [-0.2, 0) is 20.8 Å². The second-order valence-electron chi connectivity index (χ2n) is 10.5. The van der Waals surface area contributed by atoms with E-state index in [1.54, 1.807) is 44.3 Å². The predicted octanol–water partition coefficient (Wildman–Crippen LogP) is 2.17. The molecule has 11 heteroatoms. The molecule has 1 aliphatic heterocycles. The molecule has 2 aromatic heterocycles. The van der Waals surface area contributed by atoms with Gasteiger partial charge in [0.05, 0.1) is 10.9 Å². The lowest BCUT2D eigenvalue weighted by molar-refractivity contribution is -0.150.